The summed E-state index contributed by atoms with van der Waals surface area (Å²) in [6, 6.07) is 20.5. The zero-order chi connectivity index (χ0) is 19.7. The third kappa shape index (κ3) is 3.16. The molecule has 2 heterocycles. The molecule has 0 aliphatic rings. The zero-order valence-electron chi connectivity index (χ0n) is 14.6. The van der Waals surface area contributed by atoms with Gasteiger partial charge in [-0.2, -0.15) is 4.40 Å². The maximum absolute atomic E-state index is 10.9. The largest absolute Gasteiger partial charge is 0.269 e. The van der Waals surface area contributed by atoms with E-state index in [1.165, 1.54) is 24.3 Å². The van der Waals surface area contributed by atoms with E-state index in [4.69, 9.17) is 0 Å². The fourth-order valence-corrected chi connectivity index (χ4v) is 3.14. The van der Waals surface area contributed by atoms with Gasteiger partial charge in [0.25, 0.3) is 11.4 Å². The topological polar surface area (TPSA) is 90.4 Å². The van der Waals surface area contributed by atoms with E-state index in [1.807, 2.05) is 41.1 Å². The number of nitro groups is 2. The van der Waals surface area contributed by atoms with Gasteiger partial charge in [-0.25, -0.2) is 0 Å². The minimum atomic E-state index is -0.434. The molecule has 0 saturated heterocycles. The zero-order valence-corrected chi connectivity index (χ0v) is 14.6. The molecule has 0 aliphatic heterocycles. The van der Waals surface area contributed by atoms with Crippen LogP contribution in [-0.4, -0.2) is 9.85 Å². The Bertz CT molecular complexity index is 1110. The number of aromatic nitrogens is 1. The third-order valence-corrected chi connectivity index (χ3v) is 4.55. The first-order valence-corrected chi connectivity index (χ1v) is 8.46. The number of rotatable bonds is 4. The van der Waals surface area contributed by atoms with E-state index >= 15 is 0 Å². The summed E-state index contributed by atoms with van der Waals surface area (Å²) < 4.78 is 1.96. The third-order valence-electron chi connectivity index (χ3n) is 4.55. The first-order chi connectivity index (χ1) is 13.5. The van der Waals surface area contributed by atoms with Crippen LogP contribution in [0.4, 0.5) is 11.4 Å². The van der Waals surface area contributed by atoms with Crippen LogP contribution in [0.5, 0.6) is 0 Å². The number of pyridine rings is 2. The monoisotopic (exact) mass is 372 g/mol. The Morgan fingerprint density at radius 1 is 0.679 bits per heavy atom. The maximum atomic E-state index is 10.9. The van der Waals surface area contributed by atoms with Gasteiger partial charge in [0.05, 0.1) is 15.4 Å². The Morgan fingerprint density at radius 3 is 1.75 bits per heavy atom. The Labute approximate surface area is 159 Å². The average molecular weight is 372 g/mol. The summed E-state index contributed by atoms with van der Waals surface area (Å²) in [4.78, 5) is 21.0. The summed E-state index contributed by atoms with van der Waals surface area (Å²) in [5.41, 5.74) is 4.40. The smallest absolute Gasteiger partial charge is 0.258 e. The SMILES string of the molecule is O=[N+]([O-])c1ccc(-c2cc3cccc[n+]3cc2-c2ccc([N+](=O)[O-])cc2)cc1. The molecular formula is C21H14N3O4+. The fraction of sp³-hybridized carbons (Fsp3) is 0. The van der Waals surface area contributed by atoms with Gasteiger partial charge in [0, 0.05) is 48.0 Å². The predicted molar refractivity (Wildman–Crippen MR) is 104 cm³/mol. The minimum absolute atomic E-state index is 0.0223. The molecule has 0 radical (unpaired) electrons. The molecule has 0 saturated carbocycles. The van der Waals surface area contributed by atoms with Crippen LogP contribution in [0.25, 0.3) is 27.8 Å². The quantitative estimate of drug-likeness (QED) is 0.298. The highest BCUT2D eigenvalue weighted by atomic mass is 16.6. The number of nitrogens with zero attached hydrogens (tertiary/aromatic N) is 3. The van der Waals surface area contributed by atoms with Gasteiger partial charge in [0.1, 0.15) is 0 Å². The molecule has 0 spiro atoms. The van der Waals surface area contributed by atoms with Crippen LogP contribution in [0.3, 0.4) is 0 Å². The van der Waals surface area contributed by atoms with Crippen molar-refractivity contribution in [1.82, 2.24) is 0 Å². The van der Waals surface area contributed by atoms with Crippen molar-refractivity contribution < 1.29 is 14.2 Å². The summed E-state index contributed by atoms with van der Waals surface area (Å²) in [6.45, 7) is 0. The van der Waals surface area contributed by atoms with Gasteiger partial charge in [-0.1, -0.05) is 0 Å². The minimum Gasteiger partial charge on any atom is -0.258 e. The van der Waals surface area contributed by atoms with Crippen LogP contribution >= 0.6 is 0 Å². The molecular weight excluding hydrogens is 358 g/mol. The number of hydrogen-bond donors (Lipinski definition) is 0. The molecule has 136 valence electrons. The van der Waals surface area contributed by atoms with E-state index in [2.05, 4.69) is 0 Å². The normalized spacial score (nSPS) is 10.7. The van der Waals surface area contributed by atoms with Gasteiger partial charge in [0.2, 0.25) is 5.52 Å². The summed E-state index contributed by atoms with van der Waals surface area (Å²) in [5, 5.41) is 21.9. The first-order valence-electron chi connectivity index (χ1n) is 8.46. The molecule has 0 bridgehead atoms. The van der Waals surface area contributed by atoms with Crippen molar-refractivity contribution in [2.24, 2.45) is 0 Å². The van der Waals surface area contributed by atoms with E-state index in [0.29, 0.717) is 0 Å². The number of hydrogen-bond acceptors (Lipinski definition) is 4. The second-order valence-corrected chi connectivity index (χ2v) is 6.24. The summed E-state index contributed by atoms with van der Waals surface area (Å²) >= 11 is 0. The van der Waals surface area contributed by atoms with Gasteiger partial charge in [0.15, 0.2) is 12.4 Å². The Kier molecular flexibility index (Phi) is 4.25. The van der Waals surface area contributed by atoms with Crippen LogP contribution < -0.4 is 4.40 Å². The van der Waals surface area contributed by atoms with Crippen molar-refractivity contribution in [3.8, 4) is 22.3 Å². The molecule has 4 aromatic rings. The average Bonchev–Trinajstić information content (AvgIpc) is 2.73. The molecule has 0 amide bonds. The summed E-state index contributed by atoms with van der Waals surface area (Å²) in [7, 11) is 0. The lowest BCUT2D eigenvalue weighted by molar-refractivity contribution is -0.511. The Balaban J connectivity index is 1.91. The molecule has 0 atom stereocenters. The van der Waals surface area contributed by atoms with Crippen LogP contribution in [0.15, 0.2) is 85.2 Å². The lowest BCUT2D eigenvalue weighted by Crippen LogP contribution is -2.20. The van der Waals surface area contributed by atoms with E-state index in [0.717, 1.165) is 27.8 Å². The molecule has 2 aromatic heterocycles. The molecule has 4 rings (SSSR count). The van der Waals surface area contributed by atoms with E-state index in [1.54, 1.807) is 24.3 Å². The van der Waals surface area contributed by atoms with E-state index in [9.17, 15) is 20.2 Å². The standard InChI is InChI=1S/C21H14N3O4/c25-23(26)17-8-4-15(5-9-17)20-13-19-3-1-2-12-22(19)14-21(20)16-6-10-18(11-7-16)24(27)28/h1-14H/q+1. The van der Waals surface area contributed by atoms with Crippen LogP contribution in [-0.2, 0) is 0 Å². The number of benzene rings is 2. The second-order valence-electron chi connectivity index (χ2n) is 6.24. The maximum Gasteiger partial charge on any atom is 0.269 e. The Hall–Kier alpha value is -4.13. The Morgan fingerprint density at radius 2 is 1.21 bits per heavy atom. The van der Waals surface area contributed by atoms with Gasteiger partial charge in [-0.05, 0) is 41.5 Å². The highest BCUT2D eigenvalue weighted by Gasteiger charge is 2.16. The second kappa shape index (κ2) is 6.88. The van der Waals surface area contributed by atoms with Gasteiger partial charge >= 0.3 is 0 Å². The summed E-state index contributed by atoms with van der Waals surface area (Å²) in [6.07, 6.45) is 3.87. The molecule has 0 unspecified atom stereocenters. The van der Waals surface area contributed by atoms with Crippen LogP contribution in [0, 0.1) is 20.2 Å². The number of nitro benzene ring substituents is 2. The summed E-state index contributed by atoms with van der Waals surface area (Å²) in [5.74, 6) is 0. The van der Waals surface area contributed by atoms with Crippen molar-refractivity contribution in [3.63, 3.8) is 0 Å². The van der Waals surface area contributed by atoms with Crippen LogP contribution in [0.1, 0.15) is 0 Å². The van der Waals surface area contributed by atoms with Crippen molar-refractivity contribution in [3.05, 3.63) is 105 Å². The van der Waals surface area contributed by atoms with Gasteiger partial charge in [-0.15, -0.1) is 0 Å². The van der Waals surface area contributed by atoms with Crippen LogP contribution in [0.2, 0.25) is 0 Å². The fourth-order valence-electron chi connectivity index (χ4n) is 3.14. The van der Waals surface area contributed by atoms with Crippen molar-refractivity contribution in [2.75, 3.05) is 0 Å². The molecule has 2 aromatic carbocycles. The molecule has 28 heavy (non-hydrogen) atoms. The highest BCUT2D eigenvalue weighted by Crippen LogP contribution is 2.33. The van der Waals surface area contributed by atoms with E-state index in [-0.39, 0.29) is 11.4 Å². The predicted octanol–water partition coefficient (Wildman–Crippen LogP) is 4.58. The van der Waals surface area contributed by atoms with E-state index < -0.39 is 9.85 Å². The lowest BCUT2D eigenvalue weighted by Gasteiger charge is -2.09. The molecule has 7 nitrogen and oxygen atoms in total. The molecule has 0 N–H and O–H groups in total. The lowest BCUT2D eigenvalue weighted by atomic mass is 9.95. The highest BCUT2D eigenvalue weighted by molar-refractivity contribution is 5.84. The molecule has 0 aliphatic carbocycles. The molecule has 0 fully saturated rings. The number of fused-ring (bicyclic) bond motifs is 1. The first kappa shape index (κ1) is 17.3. The van der Waals surface area contributed by atoms with Gasteiger partial charge < -0.3 is 0 Å². The van der Waals surface area contributed by atoms with Gasteiger partial charge in [-0.3, -0.25) is 20.2 Å². The van der Waals surface area contributed by atoms with Crippen molar-refractivity contribution in [2.45, 2.75) is 0 Å². The van der Waals surface area contributed by atoms with Crippen molar-refractivity contribution >= 4 is 16.9 Å². The molecule has 7 heteroatoms. The van der Waals surface area contributed by atoms with Crippen molar-refractivity contribution in [1.29, 1.82) is 0 Å². The number of non-ortho nitro benzene ring substituents is 2.